The Morgan fingerprint density at radius 1 is 1.11 bits per heavy atom. The van der Waals surface area contributed by atoms with Crippen LogP contribution in [0.3, 0.4) is 0 Å². The number of unbranched alkanes of at least 4 members (excludes halogenated alkanes) is 6. The lowest BCUT2D eigenvalue weighted by molar-refractivity contribution is -0.126. The molecule has 0 aliphatic carbocycles. The third-order valence-electron chi connectivity index (χ3n) is 3.07. The average molecular weight is 277 g/mol. The molecule has 106 valence electrons. The van der Waals surface area contributed by atoms with Crippen molar-refractivity contribution in [2.75, 3.05) is 13.2 Å². The molecule has 0 aromatic rings. The Bertz CT molecular complexity index is 353. The molecule has 1 rings (SSSR count). The molecule has 0 aromatic carbocycles. The van der Waals surface area contributed by atoms with E-state index in [0.717, 1.165) is 23.6 Å². The molecule has 0 spiro atoms. The van der Waals surface area contributed by atoms with E-state index >= 15 is 0 Å². The number of amides is 1. The smallest absolute Gasteiger partial charge is 0.274 e. The third-order valence-corrected chi connectivity index (χ3v) is 4.46. The molecule has 0 unspecified atom stereocenters. The summed E-state index contributed by atoms with van der Waals surface area (Å²) in [6.07, 6.45) is 8.12. The van der Waals surface area contributed by atoms with Gasteiger partial charge >= 0.3 is 10.3 Å². The first-order valence-electron chi connectivity index (χ1n) is 6.78. The van der Waals surface area contributed by atoms with Crippen LogP contribution >= 0.6 is 0 Å². The molecule has 1 amide bonds. The number of rotatable bonds is 8. The summed E-state index contributed by atoms with van der Waals surface area (Å²) in [6, 6.07) is 0. The van der Waals surface area contributed by atoms with Gasteiger partial charge in [-0.05, 0) is 6.42 Å². The summed E-state index contributed by atoms with van der Waals surface area (Å²) in [4.78, 5) is 11.7. The van der Waals surface area contributed by atoms with E-state index in [1.54, 1.807) is 0 Å². The minimum atomic E-state index is -3.76. The van der Waals surface area contributed by atoms with E-state index < -0.39 is 10.3 Å². The topological polar surface area (TPSA) is 63.7 Å². The number of carbonyl (C=O) groups excluding carboxylic acids is 1. The summed E-state index contributed by atoms with van der Waals surface area (Å²) >= 11 is 0. The monoisotopic (exact) mass is 277 g/mol. The molecule has 5 nitrogen and oxygen atoms in total. The van der Waals surface area contributed by atoms with Gasteiger partial charge in [0.1, 0.15) is 0 Å². The number of carbonyl (C=O) groups is 1. The Morgan fingerprint density at radius 3 is 2.28 bits per heavy atom. The number of hydrogen-bond donors (Lipinski definition) is 0. The van der Waals surface area contributed by atoms with Gasteiger partial charge < -0.3 is 0 Å². The summed E-state index contributed by atoms with van der Waals surface area (Å²) < 4.78 is 28.0. The average Bonchev–Trinajstić information content (AvgIpc) is 2.67. The lowest BCUT2D eigenvalue weighted by Crippen LogP contribution is -2.32. The second-order valence-electron chi connectivity index (χ2n) is 4.62. The zero-order chi connectivity index (χ0) is 13.4. The largest absolute Gasteiger partial charge is 0.364 e. The minimum absolute atomic E-state index is 0.0884. The molecule has 1 aliphatic rings. The fourth-order valence-corrected chi connectivity index (χ4v) is 3.06. The molecule has 18 heavy (non-hydrogen) atoms. The summed E-state index contributed by atoms with van der Waals surface area (Å²) in [5, 5.41) is 0. The van der Waals surface area contributed by atoms with Crippen LogP contribution in [0.15, 0.2) is 0 Å². The fourth-order valence-electron chi connectivity index (χ4n) is 2.01. The first-order valence-corrected chi connectivity index (χ1v) is 8.14. The quantitative estimate of drug-likeness (QED) is 0.638. The zero-order valence-electron chi connectivity index (χ0n) is 11.1. The van der Waals surface area contributed by atoms with Crippen LogP contribution in [0, 0.1) is 0 Å². The molecule has 0 atom stereocenters. The van der Waals surface area contributed by atoms with E-state index in [4.69, 9.17) is 0 Å². The number of hydrogen-bond acceptors (Lipinski definition) is 4. The highest BCUT2D eigenvalue weighted by atomic mass is 32.2. The van der Waals surface area contributed by atoms with Gasteiger partial charge in [-0.15, -0.1) is 0 Å². The highest BCUT2D eigenvalue weighted by Crippen LogP contribution is 2.15. The van der Waals surface area contributed by atoms with Gasteiger partial charge in [-0.3, -0.25) is 8.98 Å². The van der Waals surface area contributed by atoms with Gasteiger partial charge in [-0.2, -0.15) is 8.42 Å². The van der Waals surface area contributed by atoms with Crippen molar-refractivity contribution in [1.29, 1.82) is 0 Å². The predicted molar refractivity (Wildman–Crippen MR) is 69.2 cm³/mol. The second kappa shape index (κ2) is 7.74. The van der Waals surface area contributed by atoms with Crippen LogP contribution < -0.4 is 0 Å². The summed E-state index contributed by atoms with van der Waals surface area (Å²) in [5.74, 6) is -0.332. The van der Waals surface area contributed by atoms with Crippen LogP contribution in [0.1, 0.15) is 58.3 Å². The Kier molecular flexibility index (Phi) is 6.63. The van der Waals surface area contributed by atoms with Crippen molar-refractivity contribution in [2.24, 2.45) is 0 Å². The van der Waals surface area contributed by atoms with E-state index in [2.05, 4.69) is 11.1 Å². The maximum Gasteiger partial charge on any atom is 0.364 e. The van der Waals surface area contributed by atoms with Gasteiger partial charge in [-0.1, -0.05) is 45.4 Å². The summed E-state index contributed by atoms with van der Waals surface area (Å²) in [6.45, 7) is 2.43. The molecular weight excluding hydrogens is 254 g/mol. The van der Waals surface area contributed by atoms with Crippen LogP contribution in [0.2, 0.25) is 0 Å². The van der Waals surface area contributed by atoms with Gasteiger partial charge in [0.2, 0.25) is 5.91 Å². The van der Waals surface area contributed by atoms with E-state index in [0.29, 0.717) is 6.42 Å². The van der Waals surface area contributed by atoms with Crippen molar-refractivity contribution < 1.29 is 17.4 Å². The van der Waals surface area contributed by atoms with E-state index in [9.17, 15) is 13.2 Å². The van der Waals surface area contributed by atoms with Crippen molar-refractivity contribution in [3.05, 3.63) is 0 Å². The number of nitrogens with zero attached hydrogens (tertiary/aromatic N) is 1. The zero-order valence-corrected chi connectivity index (χ0v) is 11.9. The van der Waals surface area contributed by atoms with Crippen LogP contribution in [0.5, 0.6) is 0 Å². The maximum atomic E-state index is 11.7. The summed E-state index contributed by atoms with van der Waals surface area (Å²) in [7, 11) is -3.76. The molecule has 1 saturated heterocycles. The van der Waals surface area contributed by atoms with Gasteiger partial charge in [0.25, 0.3) is 0 Å². The molecule has 0 N–H and O–H groups in total. The lowest BCUT2D eigenvalue weighted by atomic mass is 10.1. The van der Waals surface area contributed by atoms with Crippen molar-refractivity contribution in [2.45, 2.75) is 58.3 Å². The Morgan fingerprint density at radius 2 is 1.72 bits per heavy atom. The Balaban J connectivity index is 2.11. The Hall–Kier alpha value is -0.620. The lowest BCUT2D eigenvalue weighted by Gasteiger charge is -2.12. The normalized spacial score (nSPS) is 18.2. The van der Waals surface area contributed by atoms with Gasteiger partial charge in [0.05, 0.1) is 13.2 Å². The van der Waals surface area contributed by atoms with Crippen LogP contribution in [0.25, 0.3) is 0 Å². The van der Waals surface area contributed by atoms with Gasteiger partial charge in [0.15, 0.2) is 0 Å². The van der Waals surface area contributed by atoms with Crippen LogP contribution in [-0.2, 0) is 19.3 Å². The molecule has 1 fully saturated rings. The second-order valence-corrected chi connectivity index (χ2v) is 6.15. The maximum absolute atomic E-state index is 11.7. The van der Waals surface area contributed by atoms with E-state index in [1.807, 2.05) is 0 Å². The van der Waals surface area contributed by atoms with E-state index in [1.165, 1.54) is 25.7 Å². The van der Waals surface area contributed by atoms with Crippen molar-refractivity contribution >= 4 is 16.2 Å². The first-order chi connectivity index (χ1) is 8.58. The molecule has 1 aliphatic heterocycles. The summed E-state index contributed by atoms with van der Waals surface area (Å²) in [5.41, 5.74) is 0. The van der Waals surface area contributed by atoms with Gasteiger partial charge in [-0.25, -0.2) is 4.31 Å². The molecule has 6 heteroatoms. The standard InChI is InChI=1S/C12H23NO4S/c1-2-3-4-5-6-7-8-9-12(14)13-10-11-17-18(13,15)16/h2-11H2,1H3. The van der Waals surface area contributed by atoms with Crippen LogP contribution in [-0.4, -0.2) is 31.8 Å². The van der Waals surface area contributed by atoms with Crippen molar-refractivity contribution in [3.63, 3.8) is 0 Å². The molecule has 0 bridgehead atoms. The van der Waals surface area contributed by atoms with Crippen molar-refractivity contribution in [3.8, 4) is 0 Å². The molecule has 0 aromatic heterocycles. The fraction of sp³-hybridized carbons (Fsp3) is 0.917. The molecular formula is C12H23NO4S. The molecule has 0 saturated carbocycles. The molecule has 1 heterocycles. The molecule has 0 radical (unpaired) electrons. The SMILES string of the molecule is CCCCCCCCCC(=O)N1CCOS1(=O)=O. The van der Waals surface area contributed by atoms with Crippen LogP contribution in [0.4, 0.5) is 0 Å². The van der Waals surface area contributed by atoms with E-state index in [-0.39, 0.29) is 19.1 Å². The van der Waals surface area contributed by atoms with Gasteiger partial charge in [0, 0.05) is 6.42 Å². The third kappa shape index (κ3) is 4.94. The van der Waals surface area contributed by atoms with Crippen molar-refractivity contribution in [1.82, 2.24) is 4.31 Å². The Labute approximate surface area is 110 Å². The highest BCUT2D eigenvalue weighted by molar-refractivity contribution is 7.85. The highest BCUT2D eigenvalue weighted by Gasteiger charge is 2.33. The predicted octanol–water partition coefficient (Wildman–Crippen LogP) is 2.23. The minimum Gasteiger partial charge on any atom is -0.274 e. The first kappa shape index (κ1) is 15.4.